The molecule has 0 unspecified atom stereocenters. The van der Waals surface area contributed by atoms with E-state index >= 15 is 0 Å². The minimum atomic E-state index is -0.137. The first-order chi connectivity index (χ1) is 7.74. The van der Waals surface area contributed by atoms with E-state index < -0.39 is 0 Å². The molecule has 0 aromatic rings. The summed E-state index contributed by atoms with van der Waals surface area (Å²) in [5.41, 5.74) is 0. The molecule has 2 fully saturated rings. The van der Waals surface area contributed by atoms with Gasteiger partial charge in [0.2, 0.25) is 5.24 Å². The second-order valence-corrected chi connectivity index (χ2v) is 5.19. The lowest BCUT2D eigenvalue weighted by atomic mass is 9.91. The van der Waals surface area contributed by atoms with Gasteiger partial charge in [-0.3, -0.25) is 4.79 Å². The average Bonchev–Trinajstić information content (AvgIpc) is 2.85. The summed E-state index contributed by atoms with van der Waals surface area (Å²) in [5.74, 6) is 0.598. The van der Waals surface area contributed by atoms with E-state index in [1.165, 1.54) is 32.1 Å². The maximum atomic E-state index is 10.4. The van der Waals surface area contributed by atoms with Crippen molar-refractivity contribution >= 4 is 23.1 Å². The van der Waals surface area contributed by atoms with E-state index in [1.807, 2.05) is 0 Å². The highest BCUT2D eigenvalue weighted by Gasteiger charge is 2.20. The van der Waals surface area contributed by atoms with E-state index in [9.17, 15) is 9.59 Å². The molecule has 0 radical (unpaired) electrons. The molecule has 0 aliphatic heterocycles. The van der Waals surface area contributed by atoms with Gasteiger partial charge in [-0.05, 0) is 37.3 Å². The van der Waals surface area contributed by atoms with Crippen LogP contribution in [0, 0.1) is 11.8 Å². The van der Waals surface area contributed by atoms with E-state index in [0.717, 1.165) is 32.0 Å². The SMILES string of the molecule is O=C(Cl)C1CCCC1.O=CC1CCCCC1. The number of aldehydes is 1. The van der Waals surface area contributed by atoms with Crippen LogP contribution in [0.1, 0.15) is 57.8 Å². The number of rotatable bonds is 2. The van der Waals surface area contributed by atoms with Crippen molar-refractivity contribution < 1.29 is 9.59 Å². The number of carbonyl (C=O) groups excluding carboxylic acids is 2. The van der Waals surface area contributed by atoms with Crippen LogP contribution in [0.5, 0.6) is 0 Å². The monoisotopic (exact) mass is 244 g/mol. The van der Waals surface area contributed by atoms with Crippen LogP contribution in [0.2, 0.25) is 0 Å². The van der Waals surface area contributed by atoms with Gasteiger partial charge < -0.3 is 4.79 Å². The molecule has 0 spiro atoms. The molecule has 0 aromatic heterocycles. The molecular formula is C13H21ClO2. The highest BCUT2D eigenvalue weighted by molar-refractivity contribution is 6.64. The Morgan fingerprint density at radius 2 is 1.44 bits per heavy atom. The minimum Gasteiger partial charge on any atom is -0.303 e. The van der Waals surface area contributed by atoms with Gasteiger partial charge in [-0.15, -0.1) is 0 Å². The summed E-state index contributed by atoms with van der Waals surface area (Å²) in [6.07, 6.45) is 11.7. The van der Waals surface area contributed by atoms with Gasteiger partial charge in [0.25, 0.3) is 0 Å². The fraction of sp³-hybridized carbons (Fsp3) is 0.846. The third kappa shape index (κ3) is 5.11. The maximum absolute atomic E-state index is 10.4. The largest absolute Gasteiger partial charge is 0.303 e. The van der Waals surface area contributed by atoms with Crippen molar-refractivity contribution in [2.24, 2.45) is 11.8 Å². The molecule has 0 amide bonds. The molecule has 92 valence electrons. The lowest BCUT2D eigenvalue weighted by Gasteiger charge is -2.14. The van der Waals surface area contributed by atoms with Crippen LogP contribution in [0.4, 0.5) is 0 Å². The summed E-state index contributed by atoms with van der Waals surface area (Å²) in [5, 5.41) is -0.137. The van der Waals surface area contributed by atoms with Gasteiger partial charge in [0.05, 0.1) is 0 Å². The second-order valence-electron chi connectivity index (χ2n) is 4.82. The van der Waals surface area contributed by atoms with E-state index in [1.54, 1.807) is 0 Å². The lowest BCUT2D eigenvalue weighted by molar-refractivity contribution is -0.115. The van der Waals surface area contributed by atoms with Crippen LogP contribution in [-0.2, 0) is 9.59 Å². The number of halogens is 1. The molecule has 0 aromatic carbocycles. The Morgan fingerprint density at radius 3 is 1.75 bits per heavy atom. The minimum absolute atomic E-state index is 0.137. The molecule has 0 saturated heterocycles. The summed E-state index contributed by atoms with van der Waals surface area (Å²) in [7, 11) is 0. The molecule has 0 atom stereocenters. The Labute approximate surface area is 103 Å². The van der Waals surface area contributed by atoms with Gasteiger partial charge >= 0.3 is 0 Å². The zero-order chi connectivity index (χ0) is 11.8. The first-order valence-electron chi connectivity index (χ1n) is 6.38. The van der Waals surface area contributed by atoms with Crippen LogP contribution < -0.4 is 0 Å². The van der Waals surface area contributed by atoms with E-state index in [-0.39, 0.29) is 11.2 Å². The Morgan fingerprint density at radius 1 is 0.938 bits per heavy atom. The summed E-state index contributed by atoms with van der Waals surface area (Å²) in [6.45, 7) is 0. The van der Waals surface area contributed by atoms with Crippen molar-refractivity contribution in [2.45, 2.75) is 57.8 Å². The van der Waals surface area contributed by atoms with Gasteiger partial charge in [-0.25, -0.2) is 0 Å². The summed E-state index contributed by atoms with van der Waals surface area (Å²) in [4.78, 5) is 20.6. The van der Waals surface area contributed by atoms with Gasteiger partial charge in [0.1, 0.15) is 6.29 Å². The van der Waals surface area contributed by atoms with Crippen LogP contribution in [0.25, 0.3) is 0 Å². The summed E-state index contributed by atoms with van der Waals surface area (Å²) in [6, 6.07) is 0. The van der Waals surface area contributed by atoms with Gasteiger partial charge in [0.15, 0.2) is 0 Å². The molecule has 0 bridgehead atoms. The first-order valence-corrected chi connectivity index (χ1v) is 6.76. The number of carbonyl (C=O) groups is 2. The van der Waals surface area contributed by atoms with E-state index in [0.29, 0.717) is 5.92 Å². The van der Waals surface area contributed by atoms with E-state index in [4.69, 9.17) is 11.6 Å². The Hall–Kier alpha value is -0.370. The summed E-state index contributed by atoms with van der Waals surface area (Å²) < 4.78 is 0. The quantitative estimate of drug-likeness (QED) is 0.548. The fourth-order valence-corrected chi connectivity index (χ4v) is 2.64. The van der Waals surface area contributed by atoms with Gasteiger partial charge in [0, 0.05) is 11.8 Å². The van der Waals surface area contributed by atoms with Crippen molar-refractivity contribution in [3.05, 3.63) is 0 Å². The Kier molecular flexibility index (Phi) is 6.70. The molecule has 0 heterocycles. The molecule has 2 saturated carbocycles. The highest BCUT2D eigenvalue weighted by Crippen LogP contribution is 2.26. The normalized spacial score (nSPS) is 22.3. The molecule has 0 N–H and O–H groups in total. The van der Waals surface area contributed by atoms with Crippen LogP contribution in [0.15, 0.2) is 0 Å². The van der Waals surface area contributed by atoms with Crippen LogP contribution >= 0.6 is 11.6 Å². The summed E-state index contributed by atoms with van der Waals surface area (Å²) >= 11 is 5.25. The maximum Gasteiger partial charge on any atom is 0.224 e. The average molecular weight is 245 g/mol. The van der Waals surface area contributed by atoms with Crippen molar-refractivity contribution in [3.63, 3.8) is 0 Å². The third-order valence-electron chi connectivity index (χ3n) is 3.52. The molecule has 3 heteroatoms. The van der Waals surface area contributed by atoms with Crippen molar-refractivity contribution in [1.29, 1.82) is 0 Å². The zero-order valence-electron chi connectivity index (χ0n) is 9.79. The van der Waals surface area contributed by atoms with Gasteiger partial charge in [-0.2, -0.15) is 0 Å². The highest BCUT2D eigenvalue weighted by atomic mass is 35.5. The molecule has 2 nitrogen and oxygen atoms in total. The molecule has 2 rings (SSSR count). The topological polar surface area (TPSA) is 34.1 Å². The first kappa shape index (κ1) is 13.7. The fourth-order valence-electron chi connectivity index (χ4n) is 2.42. The molecule has 16 heavy (non-hydrogen) atoms. The van der Waals surface area contributed by atoms with Crippen LogP contribution in [0.3, 0.4) is 0 Å². The van der Waals surface area contributed by atoms with Crippen molar-refractivity contribution in [1.82, 2.24) is 0 Å². The smallest absolute Gasteiger partial charge is 0.224 e. The van der Waals surface area contributed by atoms with Crippen LogP contribution in [-0.4, -0.2) is 11.5 Å². The van der Waals surface area contributed by atoms with Crippen molar-refractivity contribution in [2.75, 3.05) is 0 Å². The predicted molar refractivity (Wildman–Crippen MR) is 65.5 cm³/mol. The van der Waals surface area contributed by atoms with Crippen molar-refractivity contribution in [3.8, 4) is 0 Å². The molecule has 2 aliphatic rings. The third-order valence-corrected chi connectivity index (χ3v) is 3.83. The zero-order valence-corrected chi connectivity index (χ0v) is 10.5. The Bertz CT molecular complexity index is 216. The van der Waals surface area contributed by atoms with Gasteiger partial charge in [-0.1, -0.05) is 32.1 Å². The standard InChI is InChI=1S/C7H12O.C6H9ClO/c8-6-7-4-2-1-3-5-7;7-6(8)5-3-1-2-4-5/h6-7H,1-5H2;5H,1-4H2. The lowest BCUT2D eigenvalue weighted by Crippen LogP contribution is -2.06. The second kappa shape index (κ2) is 7.83. The molecule has 2 aliphatic carbocycles. The Balaban J connectivity index is 0.000000160. The molecular weight excluding hydrogens is 224 g/mol. The van der Waals surface area contributed by atoms with E-state index in [2.05, 4.69) is 0 Å². The number of hydrogen-bond acceptors (Lipinski definition) is 2. The predicted octanol–water partition coefficient (Wildman–Crippen LogP) is 3.71. The number of hydrogen-bond donors (Lipinski definition) is 0.